The van der Waals surface area contributed by atoms with E-state index in [-0.39, 0.29) is 6.61 Å². The molecule has 0 aromatic carbocycles. The first-order valence-electron chi connectivity index (χ1n) is 5.56. The zero-order chi connectivity index (χ0) is 16.2. The minimum absolute atomic E-state index is 0.0927. The van der Waals surface area contributed by atoms with E-state index in [1.165, 1.54) is 6.92 Å². The standard InChI is InChI=1S/C11H10F5NO4/c1-2-20-7(19)3-5-8(9(12)13)6(18)4-17-10(5)21-11(14,15)16/h4,9,18H,2-3H2,1H3. The van der Waals surface area contributed by atoms with Crippen molar-refractivity contribution in [2.45, 2.75) is 26.1 Å². The minimum Gasteiger partial charge on any atom is -0.506 e. The molecule has 0 amide bonds. The molecule has 1 aromatic rings. The van der Waals surface area contributed by atoms with E-state index in [0.29, 0.717) is 6.20 Å². The fourth-order valence-electron chi connectivity index (χ4n) is 1.51. The van der Waals surface area contributed by atoms with Gasteiger partial charge in [-0.25, -0.2) is 13.8 Å². The fourth-order valence-corrected chi connectivity index (χ4v) is 1.51. The smallest absolute Gasteiger partial charge is 0.506 e. The molecule has 1 heterocycles. The summed E-state index contributed by atoms with van der Waals surface area (Å²) in [6.07, 6.45) is -9.07. The van der Waals surface area contributed by atoms with Gasteiger partial charge in [0.05, 0.1) is 24.8 Å². The van der Waals surface area contributed by atoms with Crippen molar-refractivity contribution in [2.75, 3.05) is 6.61 Å². The van der Waals surface area contributed by atoms with Gasteiger partial charge in [0.25, 0.3) is 6.43 Å². The van der Waals surface area contributed by atoms with E-state index in [9.17, 15) is 31.9 Å². The van der Waals surface area contributed by atoms with Gasteiger partial charge in [0.2, 0.25) is 5.88 Å². The summed E-state index contributed by atoms with van der Waals surface area (Å²) in [6, 6.07) is 0. The number of rotatable bonds is 5. The van der Waals surface area contributed by atoms with Crippen LogP contribution in [-0.2, 0) is 16.0 Å². The molecular formula is C11H10F5NO4. The van der Waals surface area contributed by atoms with E-state index >= 15 is 0 Å². The highest BCUT2D eigenvalue weighted by Crippen LogP contribution is 2.37. The molecule has 0 atom stereocenters. The predicted octanol–water partition coefficient (Wildman–Crippen LogP) is 2.73. The summed E-state index contributed by atoms with van der Waals surface area (Å²) >= 11 is 0. The second kappa shape index (κ2) is 6.55. The number of aromatic nitrogens is 1. The third kappa shape index (κ3) is 4.72. The lowest BCUT2D eigenvalue weighted by Gasteiger charge is -2.16. The van der Waals surface area contributed by atoms with Gasteiger partial charge in [-0.05, 0) is 6.92 Å². The molecule has 5 nitrogen and oxygen atoms in total. The summed E-state index contributed by atoms with van der Waals surface area (Å²) < 4.78 is 70.3. The number of carbonyl (C=O) groups is 1. The Balaban J connectivity index is 3.30. The molecule has 0 bridgehead atoms. The first-order chi connectivity index (χ1) is 9.65. The highest BCUT2D eigenvalue weighted by Gasteiger charge is 2.35. The first-order valence-corrected chi connectivity index (χ1v) is 5.56. The van der Waals surface area contributed by atoms with Crippen LogP contribution in [0.15, 0.2) is 6.20 Å². The lowest BCUT2D eigenvalue weighted by atomic mass is 10.1. The summed E-state index contributed by atoms with van der Waals surface area (Å²) in [6.45, 7) is 1.34. The van der Waals surface area contributed by atoms with Crippen LogP contribution in [0.4, 0.5) is 22.0 Å². The molecule has 21 heavy (non-hydrogen) atoms. The number of pyridine rings is 1. The number of alkyl halides is 5. The highest BCUT2D eigenvalue weighted by atomic mass is 19.4. The normalized spacial score (nSPS) is 11.6. The Hall–Kier alpha value is -2.13. The molecule has 10 heteroatoms. The zero-order valence-electron chi connectivity index (χ0n) is 10.6. The van der Waals surface area contributed by atoms with Gasteiger partial charge in [-0.15, -0.1) is 13.2 Å². The topological polar surface area (TPSA) is 68.7 Å². The molecule has 0 spiro atoms. The second-order valence-corrected chi connectivity index (χ2v) is 3.67. The van der Waals surface area contributed by atoms with Gasteiger partial charge in [0.1, 0.15) is 5.75 Å². The summed E-state index contributed by atoms with van der Waals surface area (Å²) in [7, 11) is 0. The molecule has 0 saturated heterocycles. The van der Waals surface area contributed by atoms with Crippen molar-refractivity contribution in [3.63, 3.8) is 0 Å². The molecule has 1 rings (SSSR count). The Kier molecular flexibility index (Phi) is 5.28. The van der Waals surface area contributed by atoms with Crippen LogP contribution in [0, 0.1) is 0 Å². The monoisotopic (exact) mass is 315 g/mol. The molecule has 118 valence electrons. The molecule has 0 saturated carbocycles. The average molecular weight is 315 g/mol. The summed E-state index contributed by atoms with van der Waals surface area (Å²) in [5.74, 6) is -3.33. The van der Waals surface area contributed by atoms with Crippen LogP contribution in [0.5, 0.6) is 11.6 Å². The van der Waals surface area contributed by atoms with Crippen molar-refractivity contribution in [3.8, 4) is 11.6 Å². The van der Waals surface area contributed by atoms with Crippen molar-refractivity contribution in [2.24, 2.45) is 0 Å². The maximum Gasteiger partial charge on any atom is 0.574 e. The van der Waals surface area contributed by atoms with Crippen molar-refractivity contribution in [1.29, 1.82) is 0 Å². The lowest BCUT2D eigenvalue weighted by Crippen LogP contribution is -2.21. The molecule has 0 aliphatic rings. The molecule has 0 unspecified atom stereocenters. The Morgan fingerprint density at radius 1 is 1.43 bits per heavy atom. The predicted molar refractivity (Wildman–Crippen MR) is 57.9 cm³/mol. The first kappa shape index (κ1) is 16.9. The molecule has 0 aliphatic heterocycles. The minimum atomic E-state index is -5.19. The van der Waals surface area contributed by atoms with E-state index in [1.807, 2.05) is 0 Å². The van der Waals surface area contributed by atoms with Crippen molar-refractivity contribution < 1.29 is 41.3 Å². The van der Waals surface area contributed by atoms with Crippen LogP contribution in [0.1, 0.15) is 24.5 Å². The van der Waals surface area contributed by atoms with E-state index in [4.69, 9.17) is 0 Å². The Bertz CT molecular complexity index is 518. The quantitative estimate of drug-likeness (QED) is 0.668. The fraction of sp³-hybridized carbons (Fsp3) is 0.455. The summed E-state index contributed by atoms with van der Waals surface area (Å²) in [5.41, 5.74) is -2.03. The summed E-state index contributed by atoms with van der Waals surface area (Å²) in [5, 5.41) is 9.30. The molecule has 0 aliphatic carbocycles. The Labute approximate surface area is 115 Å². The van der Waals surface area contributed by atoms with Crippen LogP contribution in [0.3, 0.4) is 0 Å². The van der Waals surface area contributed by atoms with Gasteiger partial charge < -0.3 is 14.6 Å². The van der Waals surface area contributed by atoms with Crippen molar-refractivity contribution >= 4 is 5.97 Å². The number of aromatic hydroxyl groups is 1. The second-order valence-electron chi connectivity index (χ2n) is 3.67. The van der Waals surface area contributed by atoms with Crippen LogP contribution in [0.25, 0.3) is 0 Å². The SMILES string of the molecule is CCOC(=O)Cc1c(OC(F)(F)F)ncc(O)c1C(F)F. The highest BCUT2D eigenvalue weighted by molar-refractivity contribution is 5.74. The largest absolute Gasteiger partial charge is 0.574 e. The molecular weight excluding hydrogens is 305 g/mol. The number of halogens is 5. The number of carbonyl (C=O) groups excluding carboxylic acids is 1. The molecule has 0 fully saturated rings. The average Bonchev–Trinajstić information content (AvgIpc) is 2.31. The maximum absolute atomic E-state index is 12.9. The van der Waals surface area contributed by atoms with Crippen LogP contribution in [-0.4, -0.2) is 29.0 Å². The molecule has 0 radical (unpaired) electrons. The molecule has 1 aromatic heterocycles. The van der Waals surface area contributed by atoms with E-state index in [1.54, 1.807) is 0 Å². The van der Waals surface area contributed by atoms with Gasteiger partial charge >= 0.3 is 12.3 Å². The summed E-state index contributed by atoms with van der Waals surface area (Å²) in [4.78, 5) is 14.4. The number of hydrogen-bond acceptors (Lipinski definition) is 5. The van der Waals surface area contributed by atoms with Crippen LogP contribution >= 0.6 is 0 Å². The van der Waals surface area contributed by atoms with Gasteiger partial charge in [-0.3, -0.25) is 4.79 Å². The van der Waals surface area contributed by atoms with Gasteiger partial charge in [-0.1, -0.05) is 0 Å². The van der Waals surface area contributed by atoms with E-state index in [0.717, 1.165) is 0 Å². The Morgan fingerprint density at radius 3 is 2.52 bits per heavy atom. The van der Waals surface area contributed by atoms with E-state index < -0.39 is 47.9 Å². The van der Waals surface area contributed by atoms with Gasteiger partial charge in [0.15, 0.2) is 0 Å². The maximum atomic E-state index is 12.9. The van der Waals surface area contributed by atoms with Crippen molar-refractivity contribution in [1.82, 2.24) is 4.98 Å². The van der Waals surface area contributed by atoms with Crippen molar-refractivity contribution in [3.05, 3.63) is 17.3 Å². The zero-order valence-corrected chi connectivity index (χ0v) is 10.6. The van der Waals surface area contributed by atoms with Gasteiger partial charge in [-0.2, -0.15) is 0 Å². The van der Waals surface area contributed by atoms with Crippen LogP contribution < -0.4 is 4.74 Å². The number of ether oxygens (including phenoxy) is 2. The number of esters is 1. The number of hydrogen-bond donors (Lipinski definition) is 1. The Morgan fingerprint density at radius 2 is 2.05 bits per heavy atom. The van der Waals surface area contributed by atoms with Gasteiger partial charge in [0, 0.05) is 5.56 Å². The molecule has 1 N–H and O–H groups in total. The number of nitrogens with zero attached hydrogens (tertiary/aromatic N) is 1. The third-order valence-corrected chi connectivity index (χ3v) is 2.22. The lowest BCUT2D eigenvalue weighted by molar-refractivity contribution is -0.276. The third-order valence-electron chi connectivity index (χ3n) is 2.22. The van der Waals surface area contributed by atoms with E-state index in [2.05, 4.69) is 14.5 Å². The van der Waals surface area contributed by atoms with Crippen LogP contribution in [0.2, 0.25) is 0 Å².